The Morgan fingerprint density at radius 1 is 1.20 bits per heavy atom. The number of nitrogens with zero attached hydrogens (tertiary/aromatic N) is 3. The molecule has 0 fully saturated rings. The predicted molar refractivity (Wildman–Crippen MR) is 96.6 cm³/mol. The number of hydrogen-bond acceptors (Lipinski definition) is 4. The van der Waals surface area contributed by atoms with E-state index in [-0.39, 0.29) is 12.5 Å². The molecule has 130 valence electrons. The SMILES string of the molecule is COc1nc(C)cc(C)c1CNC(=O)Cn1c(C)nc2ccccc21. The van der Waals surface area contributed by atoms with Gasteiger partial charge in [0.2, 0.25) is 11.8 Å². The number of methoxy groups -OCH3 is 1. The van der Waals surface area contributed by atoms with Crippen molar-refractivity contribution in [3.8, 4) is 5.88 Å². The Morgan fingerprint density at radius 3 is 2.72 bits per heavy atom. The van der Waals surface area contributed by atoms with E-state index in [2.05, 4.69) is 15.3 Å². The number of carbonyl (C=O) groups is 1. The minimum Gasteiger partial charge on any atom is -0.481 e. The molecule has 6 nitrogen and oxygen atoms in total. The second kappa shape index (κ2) is 6.93. The van der Waals surface area contributed by atoms with Gasteiger partial charge in [-0.3, -0.25) is 4.79 Å². The highest BCUT2D eigenvalue weighted by Gasteiger charge is 2.13. The number of carbonyl (C=O) groups excluding carboxylic acids is 1. The van der Waals surface area contributed by atoms with E-state index in [9.17, 15) is 4.79 Å². The molecule has 25 heavy (non-hydrogen) atoms. The molecule has 0 radical (unpaired) electrons. The molecule has 3 rings (SSSR count). The maximum absolute atomic E-state index is 12.4. The van der Waals surface area contributed by atoms with Gasteiger partial charge in [0.25, 0.3) is 0 Å². The minimum atomic E-state index is -0.0757. The molecule has 0 bridgehead atoms. The van der Waals surface area contributed by atoms with Gasteiger partial charge in [-0.2, -0.15) is 0 Å². The van der Waals surface area contributed by atoms with Gasteiger partial charge in [0.05, 0.1) is 18.1 Å². The van der Waals surface area contributed by atoms with Gasteiger partial charge in [-0.25, -0.2) is 9.97 Å². The summed E-state index contributed by atoms with van der Waals surface area (Å²) in [5.74, 6) is 1.30. The first-order chi connectivity index (χ1) is 12.0. The number of ether oxygens (including phenoxy) is 1. The molecule has 1 aromatic carbocycles. The molecule has 0 atom stereocenters. The van der Waals surface area contributed by atoms with Crippen molar-refractivity contribution in [3.63, 3.8) is 0 Å². The summed E-state index contributed by atoms with van der Waals surface area (Å²) in [5, 5.41) is 2.96. The third kappa shape index (κ3) is 3.47. The zero-order valence-electron chi connectivity index (χ0n) is 15.0. The summed E-state index contributed by atoms with van der Waals surface area (Å²) in [6.45, 7) is 6.43. The predicted octanol–water partition coefficient (Wildman–Crippen LogP) is 2.68. The number of benzene rings is 1. The van der Waals surface area contributed by atoms with E-state index < -0.39 is 0 Å². The molecule has 0 spiro atoms. The highest BCUT2D eigenvalue weighted by molar-refractivity contribution is 5.81. The quantitative estimate of drug-likeness (QED) is 0.776. The van der Waals surface area contributed by atoms with E-state index >= 15 is 0 Å². The van der Waals surface area contributed by atoms with Gasteiger partial charge >= 0.3 is 0 Å². The molecule has 0 aliphatic rings. The molecule has 1 amide bonds. The van der Waals surface area contributed by atoms with Gasteiger partial charge in [0.15, 0.2) is 0 Å². The van der Waals surface area contributed by atoms with Crippen LogP contribution in [0.5, 0.6) is 5.88 Å². The van der Waals surface area contributed by atoms with E-state index in [1.54, 1.807) is 7.11 Å². The minimum absolute atomic E-state index is 0.0757. The summed E-state index contributed by atoms with van der Waals surface area (Å²) >= 11 is 0. The third-order valence-electron chi connectivity index (χ3n) is 4.24. The molecule has 0 unspecified atom stereocenters. The van der Waals surface area contributed by atoms with Crippen LogP contribution in [0, 0.1) is 20.8 Å². The van der Waals surface area contributed by atoms with Crippen molar-refractivity contribution in [2.45, 2.75) is 33.9 Å². The molecule has 3 aromatic rings. The monoisotopic (exact) mass is 338 g/mol. The summed E-state index contributed by atoms with van der Waals surface area (Å²) in [7, 11) is 1.59. The Labute approximate surface area is 146 Å². The number of pyridine rings is 1. The number of amides is 1. The highest BCUT2D eigenvalue weighted by Crippen LogP contribution is 2.20. The number of para-hydroxylation sites is 2. The van der Waals surface area contributed by atoms with Crippen molar-refractivity contribution in [2.24, 2.45) is 0 Å². The van der Waals surface area contributed by atoms with Crippen LogP contribution in [-0.4, -0.2) is 27.6 Å². The van der Waals surface area contributed by atoms with E-state index in [0.717, 1.165) is 33.7 Å². The highest BCUT2D eigenvalue weighted by atomic mass is 16.5. The van der Waals surface area contributed by atoms with Crippen LogP contribution in [0.2, 0.25) is 0 Å². The Kier molecular flexibility index (Phi) is 4.70. The molecule has 2 aromatic heterocycles. The lowest BCUT2D eigenvalue weighted by Gasteiger charge is -2.13. The van der Waals surface area contributed by atoms with Crippen LogP contribution < -0.4 is 10.1 Å². The Bertz CT molecular complexity index is 931. The van der Waals surface area contributed by atoms with Gasteiger partial charge in [0.1, 0.15) is 12.4 Å². The molecular formula is C19H22N4O2. The van der Waals surface area contributed by atoms with Crippen LogP contribution in [0.3, 0.4) is 0 Å². The first-order valence-corrected chi connectivity index (χ1v) is 8.19. The maximum Gasteiger partial charge on any atom is 0.240 e. The number of rotatable bonds is 5. The standard InChI is InChI=1S/C19H22N4O2/c1-12-9-13(2)21-19(25-4)15(12)10-20-18(24)11-23-14(3)22-16-7-5-6-8-17(16)23/h5-9H,10-11H2,1-4H3,(H,20,24). The normalized spacial score (nSPS) is 10.9. The number of nitrogens with one attached hydrogen (secondary N) is 1. The number of imidazole rings is 1. The third-order valence-corrected chi connectivity index (χ3v) is 4.24. The molecule has 0 aliphatic carbocycles. The number of aromatic nitrogens is 3. The van der Waals surface area contributed by atoms with E-state index in [4.69, 9.17) is 4.74 Å². The first-order valence-electron chi connectivity index (χ1n) is 8.19. The van der Waals surface area contributed by atoms with Gasteiger partial charge in [-0.05, 0) is 44.5 Å². The van der Waals surface area contributed by atoms with Crippen LogP contribution >= 0.6 is 0 Å². The topological polar surface area (TPSA) is 69.0 Å². The lowest BCUT2D eigenvalue weighted by molar-refractivity contribution is -0.121. The fraction of sp³-hybridized carbons (Fsp3) is 0.316. The zero-order valence-corrected chi connectivity index (χ0v) is 15.0. The van der Waals surface area contributed by atoms with Gasteiger partial charge in [-0.1, -0.05) is 12.1 Å². The molecule has 1 N–H and O–H groups in total. The number of hydrogen-bond donors (Lipinski definition) is 1. The summed E-state index contributed by atoms with van der Waals surface area (Å²) in [6.07, 6.45) is 0. The number of aryl methyl sites for hydroxylation is 3. The lowest BCUT2D eigenvalue weighted by Crippen LogP contribution is -2.28. The van der Waals surface area contributed by atoms with Crippen LogP contribution in [0.1, 0.15) is 22.6 Å². The Hall–Kier alpha value is -2.89. The van der Waals surface area contributed by atoms with Crippen molar-refractivity contribution in [3.05, 3.63) is 53.0 Å². The summed E-state index contributed by atoms with van der Waals surface area (Å²) in [4.78, 5) is 21.3. The molecule has 0 saturated heterocycles. The Morgan fingerprint density at radius 2 is 1.96 bits per heavy atom. The molecule has 0 saturated carbocycles. The van der Waals surface area contributed by atoms with Gasteiger partial charge < -0.3 is 14.6 Å². The van der Waals surface area contributed by atoms with E-state index in [1.165, 1.54) is 0 Å². The summed E-state index contributed by atoms with van der Waals surface area (Å²) < 4.78 is 7.26. The first kappa shape index (κ1) is 17.0. The van der Waals surface area contributed by atoms with Crippen molar-refractivity contribution < 1.29 is 9.53 Å². The summed E-state index contributed by atoms with van der Waals surface area (Å²) in [6, 6.07) is 9.79. The second-order valence-corrected chi connectivity index (χ2v) is 6.08. The zero-order chi connectivity index (χ0) is 18.0. The number of fused-ring (bicyclic) bond motifs is 1. The summed E-state index contributed by atoms with van der Waals surface area (Å²) in [5.41, 5.74) is 4.70. The van der Waals surface area contributed by atoms with Crippen LogP contribution in [0.15, 0.2) is 30.3 Å². The van der Waals surface area contributed by atoms with Crippen molar-refractivity contribution in [2.75, 3.05) is 7.11 Å². The van der Waals surface area contributed by atoms with Crippen LogP contribution in [0.25, 0.3) is 11.0 Å². The maximum atomic E-state index is 12.4. The fourth-order valence-corrected chi connectivity index (χ4v) is 2.99. The molecule has 2 heterocycles. The molecule has 0 aliphatic heterocycles. The van der Waals surface area contributed by atoms with Crippen molar-refractivity contribution >= 4 is 16.9 Å². The smallest absolute Gasteiger partial charge is 0.240 e. The Balaban J connectivity index is 1.74. The van der Waals surface area contributed by atoms with Crippen LogP contribution in [-0.2, 0) is 17.9 Å². The fourth-order valence-electron chi connectivity index (χ4n) is 2.99. The average Bonchev–Trinajstić information content (AvgIpc) is 2.89. The molecular weight excluding hydrogens is 316 g/mol. The molecule has 6 heteroatoms. The van der Waals surface area contributed by atoms with Crippen molar-refractivity contribution in [1.82, 2.24) is 19.9 Å². The van der Waals surface area contributed by atoms with Gasteiger partial charge in [-0.15, -0.1) is 0 Å². The van der Waals surface area contributed by atoms with E-state index in [0.29, 0.717) is 12.4 Å². The largest absolute Gasteiger partial charge is 0.481 e. The second-order valence-electron chi connectivity index (χ2n) is 6.08. The average molecular weight is 338 g/mol. The van der Waals surface area contributed by atoms with Crippen molar-refractivity contribution in [1.29, 1.82) is 0 Å². The lowest BCUT2D eigenvalue weighted by atomic mass is 10.1. The van der Waals surface area contributed by atoms with E-state index in [1.807, 2.05) is 55.7 Å². The van der Waals surface area contributed by atoms with Crippen LogP contribution in [0.4, 0.5) is 0 Å². The van der Waals surface area contributed by atoms with Gasteiger partial charge in [0, 0.05) is 17.8 Å².